The molecule has 0 saturated heterocycles. The molecule has 0 unspecified atom stereocenters. The normalized spacial score (nSPS) is 10.5. The zero-order chi connectivity index (χ0) is 16.9. The first-order valence-corrected chi connectivity index (χ1v) is 7.93. The summed E-state index contributed by atoms with van der Waals surface area (Å²) >= 11 is 1.26. The SMILES string of the molecule is CC(=O)Nc1nc(COC(=O)c2ccc(Cn3cccn3)o2)cs1. The number of carbonyl (C=O) groups is 2. The molecule has 24 heavy (non-hydrogen) atoms. The predicted molar refractivity (Wildman–Crippen MR) is 85.6 cm³/mol. The number of aromatic nitrogens is 3. The lowest BCUT2D eigenvalue weighted by Gasteiger charge is -2.00. The molecular formula is C15H14N4O4S. The highest BCUT2D eigenvalue weighted by Crippen LogP contribution is 2.17. The summed E-state index contributed by atoms with van der Waals surface area (Å²) in [7, 11) is 0. The minimum atomic E-state index is -0.573. The summed E-state index contributed by atoms with van der Waals surface area (Å²) in [5.41, 5.74) is 0.556. The molecule has 0 aliphatic carbocycles. The smallest absolute Gasteiger partial charge is 0.374 e. The van der Waals surface area contributed by atoms with Crippen LogP contribution in [0.15, 0.2) is 40.4 Å². The van der Waals surface area contributed by atoms with E-state index in [1.54, 1.807) is 40.7 Å². The minimum Gasteiger partial charge on any atom is -0.453 e. The van der Waals surface area contributed by atoms with Crippen molar-refractivity contribution in [2.24, 2.45) is 0 Å². The maximum absolute atomic E-state index is 12.0. The molecule has 3 aromatic heterocycles. The number of anilines is 1. The van der Waals surface area contributed by atoms with Gasteiger partial charge in [-0.05, 0) is 18.2 Å². The van der Waals surface area contributed by atoms with Crippen LogP contribution in [0.25, 0.3) is 0 Å². The quantitative estimate of drug-likeness (QED) is 0.688. The molecule has 1 N–H and O–H groups in total. The van der Waals surface area contributed by atoms with E-state index < -0.39 is 5.97 Å². The fourth-order valence-corrected chi connectivity index (χ4v) is 2.66. The number of rotatable bonds is 6. The molecule has 3 heterocycles. The van der Waals surface area contributed by atoms with E-state index in [0.29, 0.717) is 23.1 Å². The van der Waals surface area contributed by atoms with Gasteiger partial charge in [0.2, 0.25) is 11.7 Å². The Morgan fingerprint density at radius 3 is 3.04 bits per heavy atom. The molecule has 0 fully saturated rings. The largest absolute Gasteiger partial charge is 0.453 e. The van der Waals surface area contributed by atoms with Gasteiger partial charge in [0.25, 0.3) is 0 Å². The highest BCUT2D eigenvalue weighted by atomic mass is 32.1. The lowest BCUT2D eigenvalue weighted by molar-refractivity contribution is -0.114. The second-order valence-corrected chi connectivity index (χ2v) is 5.73. The first kappa shape index (κ1) is 15.9. The first-order valence-electron chi connectivity index (χ1n) is 7.05. The number of furan rings is 1. The predicted octanol–water partition coefficient (Wildman–Crippen LogP) is 2.30. The molecule has 0 radical (unpaired) electrons. The average molecular weight is 346 g/mol. The van der Waals surface area contributed by atoms with Crippen molar-refractivity contribution in [1.29, 1.82) is 0 Å². The number of nitrogens with zero attached hydrogens (tertiary/aromatic N) is 3. The highest BCUT2D eigenvalue weighted by molar-refractivity contribution is 7.13. The fourth-order valence-electron chi connectivity index (χ4n) is 1.92. The highest BCUT2D eigenvalue weighted by Gasteiger charge is 2.14. The lowest BCUT2D eigenvalue weighted by atomic mass is 10.4. The van der Waals surface area contributed by atoms with E-state index in [4.69, 9.17) is 9.15 Å². The molecule has 0 saturated carbocycles. The van der Waals surface area contributed by atoms with Crippen LogP contribution in [0.1, 0.15) is 28.9 Å². The third-order valence-electron chi connectivity index (χ3n) is 2.93. The Balaban J connectivity index is 1.54. The van der Waals surface area contributed by atoms with Gasteiger partial charge in [-0.25, -0.2) is 9.78 Å². The summed E-state index contributed by atoms with van der Waals surface area (Å²) in [6, 6.07) is 5.07. The van der Waals surface area contributed by atoms with Crippen molar-refractivity contribution in [3.63, 3.8) is 0 Å². The van der Waals surface area contributed by atoms with Gasteiger partial charge in [0.15, 0.2) is 5.13 Å². The van der Waals surface area contributed by atoms with Gasteiger partial charge in [0, 0.05) is 24.7 Å². The third-order valence-corrected chi connectivity index (χ3v) is 3.73. The van der Waals surface area contributed by atoms with Crippen molar-refractivity contribution >= 4 is 28.3 Å². The summed E-state index contributed by atoms with van der Waals surface area (Å²) in [5.74, 6) is -0.0503. The molecule has 0 bridgehead atoms. The van der Waals surface area contributed by atoms with E-state index in [9.17, 15) is 9.59 Å². The number of nitrogens with one attached hydrogen (secondary N) is 1. The number of hydrogen-bond donors (Lipinski definition) is 1. The summed E-state index contributed by atoms with van der Waals surface area (Å²) in [4.78, 5) is 27.1. The van der Waals surface area contributed by atoms with Crippen molar-refractivity contribution < 1.29 is 18.7 Å². The van der Waals surface area contributed by atoms with Crippen LogP contribution in [0.4, 0.5) is 5.13 Å². The zero-order valence-electron chi connectivity index (χ0n) is 12.8. The summed E-state index contributed by atoms with van der Waals surface area (Å²) in [6.07, 6.45) is 3.47. The number of amides is 1. The number of hydrogen-bond acceptors (Lipinski definition) is 7. The topological polar surface area (TPSA) is 99.2 Å². The summed E-state index contributed by atoms with van der Waals surface area (Å²) in [6.45, 7) is 1.84. The van der Waals surface area contributed by atoms with Crippen molar-refractivity contribution in [3.8, 4) is 0 Å². The van der Waals surface area contributed by atoms with Crippen molar-refractivity contribution in [3.05, 3.63) is 53.2 Å². The van der Waals surface area contributed by atoms with E-state index in [1.807, 2.05) is 0 Å². The van der Waals surface area contributed by atoms with Crippen LogP contribution in [0.5, 0.6) is 0 Å². The Labute approximate surface area is 141 Å². The maximum atomic E-state index is 12.0. The lowest BCUT2D eigenvalue weighted by Crippen LogP contribution is -2.06. The number of esters is 1. The number of carbonyl (C=O) groups excluding carboxylic acids is 2. The standard InChI is InChI=1S/C15H14N4O4S/c1-10(20)17-15-18-11(9-24-15)8-22-14(21)13-4-3-12(23-13)7-19-6-2-5-16-19/h2-6,9H,7-8H2,1H3,(H,17,18,20). The molecule has 3 aromatic rings. The molecule has 0 atom stereocenters. The van der Waals surface area contributed by atoms with Gasteiger partial charge < -0.3 is 14.5 Å². The Morgan fingerprint density at radius 1 is 1.42 bits per heavy atom. The Hall–Kier alpha value is -2.94. The molecule has 0 spiro atoms. The van der Waals surface area contributed by atoms with Crippen LogP contribution in [0, 0.1) is 0 Å². The number of thiazole rings is 1. The van der Waals surface area contributed by atoms with E-state index in [0.717, 1.165) is 0 Å². The van der Waals surface area contributed by atoms with Crippen LogP contribution in [-0.4, -0.2) is 26.6 Å². The molecule has 8 nitrogen and oxygen atoms in total. The van der Waals surface area contributed by atoms with Gasteiger partial charge >= 0.3 is 5.97 Å². The van der Waals surface area contributed by atoms with Gasteiger partial charge in [0.05, 0.1) is 12.2 Å². The van der Waals surface area contributed by atoms with Crippen LogP contribution in [-0.2, 0) is 22.7 Å². The van der Waals surface area contributed by atoms with Crippen molar-refractivity contribution in [2.75, 3.05) is 5.32 Å². The number of ether oxygens (including phenoxy) is 1. The van der Waals surface area contributed by atoms with E-state index in [-0.39, 0.29) is 18.3 Å². The zero-order valence-corrected chi connectivity index (χ0v) is 13.6. The Kier molecular flexibility index (Phi) is 4.71. The van der Waals surface area contributed by atoms with Crippen LogP contribution < -0.4 is 5.32 Å². The van der Waals surface area contributed by atoms with Gasteiger partial charge in [-0.1, -0.05) is 0 Å². The Morgan fingerprint density at radius 2 is 2.29 bits per heavy atom. The molecule has 0 aliphatic heterocycles. The molecule has 0 aromatic carbocycles. The fraction of sp³-hybridized carbons (Fsp3) is 0.200. The summed E-state index contributed by atoms with van der Waals surface area (Å²) < 4.78 is 12.3. The van der Waals surface area contributed by atoms with Crippen LogP contribution in [0.2, 0.25) is 0 Å². The monoisotopic (exact) mass is 346 g/mol. The van der Waals surface area contributed by atoms with E-state index in [1.165, 1.54) is 18.3 Å². The molecule has 1 amide bonds. The molecule has 124 valence electrons. The van der Waals surface area contributed by atoms with Gasteiger partial charge in [0.1, 0.15) is 12.4 Å². The molecule has 0 aliphatic rings. The second kappa shape index (κ2) is 7.09. The molecular weight excluding hydrogens is 332 g/mol. The van der Waals surface area contributed by atoms with Crippen molar-refractivity contribution in [1.82, 2.24) is 14.8 Å². The van der Waals surface area contributed by atoms with Crippen LogP contribution >= 0.6 is 11.3 Å². The maximum Gasteiger partial charge on any atom is 0.374 e. The van der Waals surface area contributed by atoms with Gasteiger partial charge in [-0.2, -0.15) is 5.10 Å². The van der Waals surface area contributed by atoms with E-state index in [2.05, 4.69) is 15.4 Å². The molecule has 9 heteroatoms. The van der Waals surface area contributed by atoms with E-state index >= 15 is 0 Å². The van der Waals surface area contributed by atoms with Crippen molar-refractivity contribution in [2.45, 2.75) is 20.1 Å². The minimum absolute atomic E-state index is 0.00407. The second-order valence-electron chi connectivity index (χ2n) is 4.87. The van der Waals surface area contributed by atoms with Crippen LogP contribution in [0.3, 0.4) is 0 Å². The first-order chi connectivity index (χ1) is 11.6. The summed E-state index contributed by atoms with van der Waals surface area (Å²) in [5, 5.41) is 8.82. The molecule has 3 rings (SSSR count). The Bertz CT molecular complexity index is 837. The average Bonchev–Trinajstić information content (AvgIpc) is 3.27. The third kappa shape index (κ3) is 4.07. The van der Waals surface area contributed by atoms with Gasteiger partial charge in [-0.15, -0.1) is 11.3 Å². The van der Waals surface area contributed by atoms with Gasteiger partial charge in [-0.3, -0.25) is 9.48 Å².